The molecule has 3 rings (SSSR count). The Morgan fingerprint density at radius 1 is 1.10 bits per heavy atom. The minimum atomic E-state index is -0.00673. The number of hydrogen-bond acceptors (Lipinski definition) is 3. The summed E-state index contributed by atoms with van der Waals surface area (Å²) in [6.45, 7) is 3.73. The van der Waals surface area contributed by atoms with Crippen molar-refractivity contribution >= 4 is 11.8 Å². The van der Waals surface area contributed by atoms with Gasteiger partial charge in [-0.25, -0.2) is 0 Å². The Morgan fingerprint density at radius 3 is 2.48 bits per heavy atom. The molecule has 2 aliphatic heterocycles. The van der Waals surface area contributed by atoms with Crippen LogP contribution in [-0.4, -0.2) is 60.4 Å². The van der Waals surface area contributed by atoms with Gasteiger partial charge in [0.1, 0.15) is 0 Å². The number of piperazine rings is 1. The molecule has 2 fully saturated rings. The number of carbonyl (C=O) groups excluding carboxylic acids is 2. The maximum Gasteiger partial charge on any atom is 0.253 e. The number of hydrogen-bond donors (Lipinski definition) is 1. The summed E-state index contributed by atoms with van der Waals surface area (Å²) in [5.41, 5.74) is 0.737. The van der Waals surface area contributed by atoms with E-state index in [1.54, 1.807) is 0 Å². The number of piperidine rings is 1. The van der Waals surface area contributed by atoms with Crippen LogP contribution in [0.15, 0.2) is 30.3 Å². The van der Waals surface area contributed by atoms with E-state index in [0.29, 0.717) is 13.1 Å². The van der Waals surface area contributed by atoms with Crippen LogP contribution in [0.4, 0.5) is 0 Å². The fraction of sp³-hybridized carbons (Fsp3) is 0.500. The first-order valence-electron chi connectivity index (χ1n) is 7.62. The predicted octanol–water partition coefficient (Wildman–Crippen LogP) is 0.723. The lowest BCUT2D eigenvalue weighted by molar-refractivity contribution is -0.128. The molecule has 0 saturated carbocycles. The normalized spacial score (nSPS) is 23.7. The Kier molecular flexibility index (Phi) is 4.20. The van der Waals surface area contributed by atoms with Gasteiger partial charge in [0, 0.05) is 38.3 Å². The van der Waals surface area contributed by atoms with Crippen LogP contribution in [0, 0.1) is 0 Å². The average Bonchev–Trinajstić information content (AvgIpc) is 2.56. The Hall–Kier alpha value is -1.88. The SMILES string of the molecule is O=C1NCCCC1N1CCN(C(=O)c2ccccc2)CC1. The summed E-state index contributed by atoms with van der Waals surface area (Å²) in [5, 5.41) is 2.93. The fourth-order valence-corrected chi connectivity index (χ4v) is 3.10. The van der Waals surface area contributed by atoms with Gasteiger partial charge in [-0.1, -0.05) is 18.2 Å². The molecule has 1 aromatic rings. The van der Waals surface area contributed by atoms with Crippen molar-refractivity contribution in [2.24, 2.45) is 0 Å². The van der Waals surface area contributed by atoms with E-state index in [-0.39, 0.29) is 17.9 Å². The monoisotopic (exact) mass is 287 g/mol. The van der Waals surface area contributed by atoms with Gasteiger partial charge in [0.25, 0.3) is 5.91 Å². The van der Waals surface area contributed by atoms with Crippen molar-refractivity contribution in [1.29, 1.82) is 0 Å². The molecular weight excluding hydrogens is 266 g/mol. The minimum Gasteiger partial charge on any atom is -0.355 e. The zero-order chi connectivity index (χ0) is 14.7. The van der Waals surface area contributed by atoms with Crippen molar-refractivity contribution in [2.75, 3.05) is 32.7 Å². The van der Waals surface area contributed by atoms with Gasteiger partial charge < -0.3 is 10.2 Å². The maximum atomic E-state index is 12.4. The largest absolute Gasteiger partial charge is 0.355 e. The van der Waals surface area contributed by atoms with Gasteiger partial charge in [0.15, 0.2) is 0 Å². The third kappa shape index (κ3) is 3.08. The molecule has 1 aromatic carbocycles. The van der Waals surface area contributed by atoms with Crippen LogP contribution in [0.3, 0.4) is 0 Å². The highest BCUT2D eigenvalue weighted by Gasteiger charge is 2.31. The van der Waals surface area contributed by atoms with E-state index in [1.165, 1.54) is 0 Å². The quantitative estimate of drug-likeness (QED) is 0.872. The summed E-state index contributed by atoms with van der Waals surface area (Å²) < 4.78 is 0. The topological polar surface area (TPSA) is 52.7 Å². The molecule has 0 aromatic heterocycles. The van der Waals surface area contributed by atoms with Gasteiger partial charge in [-0.2, -0.15) is 0 Å². The number of nitrogens with one attached hydrogen (secondary N) is 1. The number of carbonyl (C=O) groups is 2. The maximum absolute atomic E-state index is 12.4. The van der Waals surface area contributed by atoms with E-state index < -0.39 is 0 Å². The summed E-state index contributed by atoms with van der Waals surface area (Å²) in [4.78, 5) is 28.4. The molecule has 2 saturated heterocycles. The van der Waals surface area contributed by atoms with Crippen molar-refractivity contribution in [1.82, 2.24) is 15.1 Å². The molecule has 0 bridgehead atoms. The van der Waals surface area contributed by atoms with Crippen molar-refractivity contribution in [3.63, 3.8) is 0 Å². The van der Waals surface area contributed by atoms with Crippen molar-refractivity contribution < 1.29 is 9.59 Å². The molecular formula is C16H21N3O2. The van der Waals surface area contributed by atoms with Crippen LogP contribution < -0.4 is 5.32 Å². The van der Waals surface area contributed by atoms with E-state index in [9.17, 15) is 9.59 Å². The number of rotatable bonds is 2. The molecule has 2 amide bonds. The number of nitrogens with zero attached hydrogens (tertiary/aromatic N) is 2. The lowest BCUT2D eigenvalue weighted by atomic mass is 10.0. The summed E-state index contributed by atoms with van der Waals surface area (Å²) in [7, 11) is 0. The van der Waals surface area contributed by atoms with Crippen LogP contribution >= 0.6 is 0 Å². The molecule has 0 radical (unpaired) electrons. The number of amides is 2. The van der Waals surface area contributed by atoms with Crippen LogP contribution in [0.1, 0.15) is 23.2 Å². The Bertz CT molecular complexity index is 510. The van der Waals surface area contributed by atoms with Gasteiger partial charge in [-0.05, 0) is 25.0 Å². The highest BCUT2D eigenvalue weighted by atomic mass is 16.2. The Balaban J connectivity index is 1.58. The zero-order valence-electron chi connectivity index (χ0n) is 12.1. The van der Waals surface area contributed by atoms with E-state index in [2.05, 4.69) is 10.2 Å². The summed E-state index contributed by atoms with van der Waals surface area (Å²) in [6, 6.07) is 9.38. The van der Waals surface area contributed by atoms with Gasteiger partial charge in [0.2, 0.25) is 5.91 Å². The van der Waals surface area contributed by atoms with Crippen LogP contribution in [0.5, 0.6) is 0 Å². The number of benzene rings is 1. The molecule has 1 unspecified atom stereocenters. The first kappa shape index (κ1) is 14.1. The van der Waals surface area contributed by atoms with Crippen LogP contribution in [-0.2, 0) is 4.79 Å². The van der Waals surface area contributed by atoms with Gasteiger partial charge in [-0.3, -0.25) is 14.5 Å². The second-order valence-corrected chi connectivity index (χ2v) is 5.64. The second-order valence-electron chi connectivity index (χ2n) is 5.64. The summed E-state index contributed by atoms with van der Waals surface area (Å²) >= 11 is 0. The third-order valence-corrected chi connectivity index (χ3v) is 4.32. The summed E-state index contributed by atoms with van der Waals surface area (Å²) in [5.74, 6) is 0.229. The Labute approximate surface area is 124 Å². The molecule has 2 heterocycles. The zero-order valence-corrected chi connectivity index (χ0v) is 12.1. The molecule has 112 valence electrons. The first-order chi connectivity index (χ1) is 10.3. The minimum absolute atomic E-state index is 0.00673. The van der Waals surface area contributed by atoms with Crippen LogP contribution in [0.2, 0.25) is 0 Å². The Morgan fingerprint density at radius 2 is 1.81 bits per heavy atom. The van der Waals surface area contributed by atoms with Crippen molar-refractivity contribution in [3.05, 3.63) is 35.9 Å². The van der Waals surface area contributed by atoms with E-state index in [1.807, 2.05) is 35.2 Å². The van der Waals surface area contributed by atoms with Gasteiger partial charge >= 0.3 is 0 Å². The predicted molar refractivity (Wildman–Crippen MR) is 80.0 cm³/mol. The van der Waals surface area contributed by atoms with Crippen LogP contribution in [0.25, 0.3) is 0 Å². The van der Waals surface area contributed by atoms with E-state index in [4.69, 9.17) is 0 Å². The summed E-state index contributed by atoms with van der Waals surface area (Å²) in [6.07, 6.45) is 1.97. The molecule has 21 heavy (non-hydrogen) atoms. The fourth-order valence-electron chi connectivity index (χ4n) is 3.10. The highest BCUT2D eigenvalue weighted by molar-refractivity contribution is 5.94. The smallest absolute Gasteiger partial charge is 0.253 e. The molecule has 5 nitrogen and oxygen atoms in total. The average molecular weight is 287 g/mol. The molecule has 1 atom stereocenters. The third-order valence-electron chi connectivity index (χ3n) is 4.32. The lowest BCUT2D eigenvalue weighted by Gasteiger charge is -2.39. The van der Waals surface area contributed by atoms with E-state index >= 15 is 0 Å². The molecule has 1 N–H and O–H groups in total. The standard InChI is InChI=1S/C16H21N3O2/c20-15-14(7-4-8-17-15)18-9-11-19(12-10-18)16(21)13-5-2-1-3-6-13/h1-3,5-6,14H,4,7-12H2,(H,17,20). The first-order valence-corrected chi connectivity index (χ1v) is 7.62. The molecule has 5 heteroatoms. The second kappa shape index (κ2) is 6.26. The lowest BCUT2D eigenvalue weighted by Crippen LogP contribution is -2.57. The van der Waals surface area contributed by atoms with Crippen molar-refractivity contribution in [3.8, 4) is 0 Å². The van der Waals surface area contributed by atoms with Gasteiger partial charge in [0.05, 0.1) is 6.04 Å². The highest BCUT2D eigenvalue weighted by Crippen LogP contribution is 2.15. The van der Waals surface area contributed by atoms with Gasteiger partial charge in [-0.15, -0.1) is 0 Å². The molecule has 0 spiro atoms. The van der Waals surface area contributed by atoms with Crippen molar-refractivity contribution in [2.45, 2.75) is 18.9 Å². The molecule has 2 aliphatic rings. The molecule has 0 aliphatic carbocycles. The van der Waals surface area contributed by atoms with E-state index in [0.717, 1.165) is 38.0 Å².